The molecule has 0 bridgehead atoms. The molecule has 1 heterocycles. The summed E-state index contributed by atoms with van der Waals surface area (Å²) in [4.78, 5) is 12.6. The van der Waals surface area contributed by atoms with Crippen LogP contribution in [0.3, 0.4) is 0 Å². The summed E-state index contributed by atoms with van der Waals surface area (Å²) in [5.41, 5.74) is 4.43. The molecule has 1 amide bonds. The molecule has 4 nitrogen and oxygen atoms in total. The minimum absolute atomic E-state index is 0.0649. The van der Waals surface area contributed by atoms with Crippen molar-refractivity contribution in [3.8, 4) is 0 Å². The topological polar surface area (TPSA) is 47.6 Å². The molecule has 30 heavy (non-hydrogen) atoms. The van der Waals surface area contributed by atoms with E-state index in [1.54, 1.807) is 0 Å². The van der Waals surface area contributed by atoms with Crippen LogP contribution in [0.25, 0.3) is 0 Å². The number of hydrogen-bond acceptors (Lipinski definition) is 3. The van der Waals surface area contributed by atoms with Crippen LogP contribution < -0.4 is 10.8 Å². The number of rotatable bonds is 4. The minimum Gasteiger partial charge on any atom is -0.399 e. The van der Waals surface area contributed by atoms with E-state index >= 15 is 0 Å². The molecule has 3 rings (SSSR count). The number of carbonyl (C=O) groups excluding carboxylic acids is 1. The molecular weight excluding hydrogens is 373 g/mol. The van der Waals surface area contributed by atoms with Gasteiger partial charge in [0, 0.05) is 12.1 Å². The van der Waals surface area contributed by atoms with Gasteiger partial charge in [-0.25, -0.2) is 0 Å². The lowest BCUT2D eigenvalue weighted by atomic mass is 9.78. The van der Waals surface area contributed by atoms with Crippen molar-refractivity contribution < 1.29 is 14.1 Å². The van der Waals surface area contributed by atoms with Crippen LogP contribution in [0, 0.1) is 6.92 Å². The highest BCUT2D eigenvalue weighted by atomic mass is 16.7. The van der Waals surface area contributed by atoms with Crippen LogP contribution in [0.2, 0.25) is 0 Å². The zero-order chi connectivity index (χ0) is 22.3. The Kier molecular flexibility index (Phi) is 5.92. The fourth-order valence-corrected chi connectivity index (χ4v) is 3.44. The number of nitrogens with one attached hydrogen (secondary N) is 1. The molecule has 0 radical (unpaired) electrons. The van der Waals surface area contributed by atoms with E-state index in [9.17, 15) is 4.79 Å². The summed E-state index contributed by atoms with van der Waals surface area (Å²) < 4.78 is 12.3. The Bertz CT molecular complexity index is 910. The Morgan fingerprint density at radius 1 is 0.967 bits per heavy atom. The monoisotopic (exact) mass is 407 g/mol. The maximum Gasteiger partial charge on any atom is 0.494 e. The van der Waals surface area contributed by atoms with Gasteiger partial charge in [-0.05, 0) is 74.3 Å². The number of carbonyl (C=O) groups is 1. The molecule has 1 saturated heterocycles. The van der Waals surface area contributed by atoms with Crippen molar-refractivity contribution in [1.82, 2.24) is 5.32 Å². The normalized spacial score (nSPS) is 17.8. The summed E-state index contributed by atoms with van der Waals surface area (Å²) in [5, 5.41) is 3.03. The molecule has 1 aliphatic rings. The van der Waals surface area contributed by atoms with Crippen molar-refractivity contribution in [3.63, 3.8) is 0 Å². The lowest BCUT2D eigenvalue weighted by Gasteiger charge is -2.32. The van der Waals surface area contributed by atoms with E-state index in [0.717, 1.165) is 16.6 Å². The average Bonchev–Trinajstić information content (AvgIpc) is 2.87. The van der Waals surface area contributed by atoms with Gasteiger partial charge in [0.25, 0.3) is 5.91 Å². The Morgan fingerprint density at radius 2 is 1.53 bits per heavy atom. The summed E-state index contributed by atoms with van der Waals surface area (Å²) >= 11 is 0. The lowest BCUT2D eigenvalue weighted by Crippen LogP contribution is -2.41. The molecule has 0 saturated carbocycles. The van der Waals surface area contributed by atoms with Crippen LogP contribution >= 0.6 is 0 Å². The first-order valence-electron chi connectivity index (χ1n) is 10.6. The van der Waals surface area contributed by atoms with Crippen molar-refractivity contribution in [2.45, 2.75) is 78.6 Å². The first-order valence-corrected chi connectivity index (χ1v) is 10.6. The van der Waals surface area contributed by atoms with Crippen molar-refractivity contribution in [2.24, 2.45) is 0 Å². The highest BCUT2D eigenvalue weighted by Crippen LogP contribution is 2.36. The van der Waals surface area contributed by atoms with E-state index < -0.39 is 0 Å². The molecule has 0 atom stereocenters. The van der Waals surface area contributed by atoms with E-state index in [-0.39, 0.29) is 29.6 Å². The standard InChI is InChI=1S/C25H34BNO3/c1-17-15-21(26-29-24(5,6)25(7,8)30-26)14-11-19(17)16-27-22(28)18-9-12-20(13-10-18)23(2,3)4/h9-15H,16H2,1-8H3,(H,27,28). The first kappa shape index (κ1) is 22.6. The van der Waals surface area contributed by atoms with Gasteiger partial charge in [-0.1, -0.05) is 51.1 Å². The quantitative estimate of drug-likeness (QED) is 0.758. The third-order valence-electron chi connectivity index (χ3n) is 6.34. The molecule has 0 aromatic heterocycles. The van der Waals surface area contributed by atoms with Crippen LogP contribution in [0.15, 0.2) is 42.5 Å². The second kappa shape index (κ2) is 7.86. The average molecular weight is 407 g/mol. The fraction of sp³-hybridized carbons (Fsp3) is 0.480. The van der Waals surface area contributed by atoms with Crippen molar-refractivity contribution in [1.29, 1.82) is 0 Å². The van der Waals surface area contributed by atoms with Gasteiger partial charge in [0.05, 0.1) is 11.2 Å². The molecule has 0 unspecified atom stereocenters. The highest BCUT2D eigenvalue weighted by Gasteiger charge is 2.51. The van der Waals surface area contributed by atoms with E-state index in [1.807, 2.05) is 43.3 Å². The van der Waals surface area contributed by atoms with Crippen LogP contribution in [0.1, 0.15) is 75.5 Å². The molecule has 2 aromatic carbocycles. The van der Waals surface area contributed by atoms with Gasteiger partial charge in [0.15, 0.2) is 0 Å². The van der Waals surface area contributed by atoms with Crippen LogP contribution in [-0.4, -0.2) is 24.2 Å². The Labute approximate surface area is 181 Å². The number of hydrogen-bond donors (Lipinski definition) is 1. The summed E-state index contributed by atoms with van der Waals surface area (Å²) in [5.74, 6) is -0.0649. The van der Waals surface area contributed by atoms with E-state index in [1.165, 1.54) is 5.56 Å². The molecule has 1 aliphatic heterocycles. The molecule has 0 spiro atoms. The van der Waals surface area contributed by atoms with Gasteiger partial charge >= 0.3 is 7.12 Å². The first-order chi connectivity index (χ1) is 13.8. The fourth-order valence-electron chi connectivity index (χ4n) is 3.44. The Hall–Kier alpha value is -2.11. The van der Waals surface area contributed by atoms with Crippen molar-refractivity contribution >= 4 is 18.5 Å². The van der Waals surface area contributed by atoms with E-state index in [4.69, 9.17) is 9.31 Å². The van der Waals surface area contributed by atoms with Gasteiger partial charge in [-0.15, -0.1) is 0 Å². The summed E-state index contributed by atoms with van der Waals surface area (Å²) in [6.07, 6.45) is 0. The van der Waals surface area contributed by atoms with Gasteiger partial charge in [0.1, 0.15) is 0 Å². The van der Waals surface area contributed by atoms with Gasteiger partial charge in [0.2, 0.25) is 0 Å². The third kappa shape index (κ3) is 4.63. The molecule has 2 aromatic rings. The second-order valence-corrected chi connectivity index (χ2v) is 10.3. The Morgan fingerprint density at radius 3 is 2.03 bits per heavy atom. The largest absolute Gasteiger partial charge is 0.494 e. The molecule has 0 aliphatic carbocycles. The van der Waals surface area contributed by atoms with Gasteiger partial charge in [-0.2, -0.15) is 0 Å². The highest BCUT2D eigenvalue weighted by molar-refractivity contribution is 6.62. The van der Waals surface area contributed by atoms with Crippen molar-refractivity contribution in [2.75, 3.05) is 0 Å². The van der Waals surface area contributed by atoms with Gasteiger partial charge < -0.3 is 14.6 Å². The summed E-state index contributed by atoms with van der Waals surface area (Å²) in [6, 6.07) is 14.0. The minimum atomic E-state index is -0.376. The summed E-state index contributed by atoms with van der Waals surface area (Å²) in [7, 11) is -0.376. The molecule has 5 heteroatoms. The zero-order valence-corrected chi connectivity index (χ0v) is 19.6. The van der Waals surface area contributed by atoms with Crippen molar-refractivity contribution in [3.05, 3.63) is 64.7 Å². The van der Waals surface area contributed by atoms with Gasteiger partial charge in [-0.3, -0.25) is 4.79 Å². The maximum atomic E-state index is 12.6. The third-order valence-corrected chi connectivity index (χ3v) is 6.34. The zero-order valence-electron chi connectivity index (χ0n) is 19.6. The number of benzene rings is 2. The lowest BCUT2D eigenvalue weighted by molar-refractivity contribution is 0.00578. The molecule has 1 fully saturated rings. The van der Waals surface area contributed by atoms with E-state index in [2.05, 4.69) is 59.8 Å². The number of aryl methyl sites for hydroxylation is 1. The maximum absolute atomic E-state index is 12.6. The van der Waals surface area contributed by atoms with E-state index in [0.29, 0.717) is 12.1 Å². The molecule has 1 N–H and O–H groups in total. The predicted molar refractivity (Wildman–Crippen MR) is 123 cm³/mol. The van der Waals surface area contributed by atoms with Crippen LogP contribution in [0.4, 0.5) is 0 Å². The predicted octanol–water partition coefficient (Wildman–Crippen LogP) is 4.52. The van der Waals surface area contributed by atoms with Crippen LogP contribution in [0.5, 0.6) is 0 Å². The van der Waals surface area contributed by atoms with Crippen LogP contribution in [-0.2, 0) is 21.3 Å². The Balaban J connectivity index is 1.65. The smallest absolute Gasteiger partial charge is 0.399 e. The SMILES string of the molecule is Cc1cc(B2OC(C)(C)C(C)(C)O2)ccc1CNC(=O)c1ccc(C(C)(C)C)cc1. The second-order valence-electron chi connectivity index (χ2n) is 10.3. The molecular formula is C25H34BNO3. The summed E-state index contributed by atoms with van der Waals surface area (Å²) in [6.45, 7) is 17.2. The number of amides is 1. The molecule has 160 valence electrons.